The van der Waals surface area contributed by atoms with Crippen molar-refractivity contribution in [3.8, 4) is 0 Å². The van der Waals surface area contributed by atoms with Crippen molar-refractivity contribution in [2.24, 2.45) is 5.92 Å². The molecule has 2 nitrogen and oxygen atoms in total. The van der Waals surface area contributed by atoms with Gasteiger partial charge in [-0.15, -0.1) is 0 Å². The van der Waals surface area contributed by atoms with Gasteiger partial charge in [0, 0.05) is 18.6 Å². The van der Waals surface area contributed by atoms with Crippen LogP contribution in [0.15, 0.2) is 24.3 Å². The van der Waals surface area contributed by atoms with Gasteiger partial charge in [0.25, 0.3) is 0 Å². The Balaban J connectivity index is 2.00. The third kappa shape index (κ3) is 2.83. The second-order valence-corrected chi connectivity index (χ2v) is 4.71. The first-order valence-electron chi connectivity index (χ1n) is 6.10. The fourth-order valence-corrected chi connectivity index (χ4v) is 2.47. The first kappa shape index (κ1) is 11.6. The van der Waals surface area contributed by atoms with E-state index in [-0.39, 0.29) is 0 Å². The molecule has 0 spiro atoms. The van der Waals surface area contributed by atoms with Crippen LogP contribution in [0.25, 0.3) is 0 Å². The highest BCUT2D eigenvalue weighted by Gasteiger charge is 2.24. The zero-order valence-corrected chi connectivity index (χ0v) is 10.2. The summed E-state index contributed by atoms with van der Waals surface area (Å²) >= 11 is 0. The Morgan fingerprint density at radius 2 is 2.38 bits per heavy atom. The molecular weight excluding hydrogens is 198 g/mol. The molecule has 1 aromatic carbocycles. The van der Waals surface area contributed by atoms with Crippen LogP contribution in [0.3, 0.4) is 0 Å². The minimum Gasteiger partial charge on any atom is -0.381 e. The minimum atomic E-state index is 0.546. The molecule has 1 N–H and O–H groups in total. The second kappa shape index (κ2) is 5.46. The fraction of sp³-hybridized carbons (Fsp3) is 0.571. The Morgan fingerprint density at radius 1 is 1.50 bits per heavy atom. The molecule has 1 aliphatic rings. The molecule has 0 bridgehead atoms. The monoisotopic (exact) mass is 219 g/mol. The quantitative estimate of drug-likeness (QED) is 0.838. The highest BCUT2D eigenvalue weighted by Crippen LogP contribution is 2.20. The summed E-state index contributed by atoms with van der Waals surface area (Å²) in [6.45, 7) is 3.99. The molecule has 1 fully saturated rings. The fourth-order valence-electron chi connectivity index (χ4n) is 2.47. The molecule has 2 rings (SSSR count). The lowest BCUT2D eigenvalue weighted by molar-refractivity contribution is 0.177. The highest BCUT2D eigenvalue weighted by atomic mass is 16.5. The Bertz CT molecular complexity index is 331. The molecule has 2 atom stereocenters. The SMILES string of the molecule is CNC(Cc1cccc(C)c1)C1CCOC1. The predicted molar refractivity (Wildman–Crippen MR) is 66.7 cm³/mol. The van der Waals surface area contributed by atoms with E-state index in [1.54, 1.807) is 0 Å². The van der Waals surface area contributed by atoms with E-state index in [1.807, 2.05) is 0 Å². The molecule has 0 aromatic heterocycles. The topological polar surface area (TPSA) is 21.3 Å². The van der Waals surface area contributed by atoms with Crippen LogP contribution in [0, 0.1) is 12.8 Å². The van der Waals surface area contributed by atoms with Crippen LogP contribution in [0.1, 0.15) is 17.5 Å². The molecule has 1 aromatic rings. The number of nitrogens with one attached hydrogen (secondary N) is 1. The van der Waals surface area contributed by atoms with Crippen molar-refractivity contribution in [1.29, 1.82) is 0 Å². The van der Waals surface area contributed by atoms with Crippen LogP contribution >= 0.6 is 0 Å². The van der Waals surface area contributed by atoms with Gasteiger partial charge in [0.2, 0.25) is 0 Å². The normalized spacial score (nSPS) is 22.2. The number of ether oxygens (including phenoxy) is 1. The van der Waals surface area contributed by atoms with Gasteiger partial charge in [0.15, 0.2) is 0 Å². The van der Waals surface area contributed by atoms with E-state index in [1.165, 1.54) is 17.5 Å². The molecule has 0 aliphatic carbocycles. The maximum absolute atomic E-state index is 5.46. The van der Waals surface area contributed by atoms with Crippen molar-refractivity contribution < 1.29 is 4.74 Å². The largest absolute Gasteiger partial charge is 0.381 e. The van der Waals surface area contributed by atoms with Crippen LogP contribution in [-0.2, 0) is 11.2 Å². The van der Waals surface area contributed by atoms with E-state index in [0.29, 0.717) is 12.0 Å². The maximum atomic E-state index is 5.46. The average molecular weight is 219 g/mol. The van der Waals surface area contributed by atoms with E-state index >= 15 is 0 Å². The predicted octanol–water partition coefficient (Wildman–Crippen LogP) is 2.16. The molecule has 1 heterocycles. The van der Waals surface area contributed by atoms with Crippen molar-refractivity contribution >= 4 is 0 Å². The number of hydrogen-bond acceptors (Lipinski definition) is 2. The van der Waals surface area contributed by atoms with Crippen molar-refractivity contribution in [2.75, 3.05) is 20.3 Å². The standard InChI is InChI=1S/C14H21NO/c1-11-4-3-5-12(8-11)9-14(15-2)13-6-7-16-10-13/h3-5,8,13-15H,6-7,9-10H2,1-2H3. The number of benzene rings is 1. The van der Waals surface area contributed by atoms with Crippen molar-refractivity contribution in [1.82, 2.24) is 5.32 Å². The Hall–Kier alpha value is -0.860. The van der Waals surface area contributed by atoms with Crippen LogP contribution in [0.4, 0.5) is 0 Å². The van der Waals surface area contributed by atoms with Gasteiger partial charge < -0.3 is 10.1 Å². The molecule has 1 aliphatic heterocycles. The lowest BCUT2D eigenvalue weighted by Crippen LogP contribution is -2.35. The van der Waals surface area contributed by atoms with Crippen LogP contribution in [-0.4, -0.2) is 26.3 Å². The Labute approximate surface area is 98.0 Å². The third-order valence-electron chi connectivity index (χ3n) is 3.44. The maximum Gasteiger partial charge on any atom is 0.0510 e. The summed E-state index contributed by atoms with van der Waals surface area (Å²) in [6.07, 6.45) is 2.30. The lowest BCUT2D eigenvalue weighted by Gasteiger charge is -2.22. The van der Waals surface area contributed by atoms with Gasteiger partial charge in [0.05, 0.1) is 6.61 Å². The van der Waals surface area contributed by atoms with Gasteiger partial charge in [-0.2, -0.15) is 0 Å². The van der Waals surface area contributed by atoms with E-state index < -0.39 is 0 Å². The summed E-state index contributed by atoms with van der Waals surface area (Å²) in [7, 11) is 2.05. The summed E-state index contributed by atoms with van der Waals surface area (Å²) < 4.78 is 5.46. The van der Waals surface area contributed by atoms with Crippen molar-refractivity contribution in [2.45, 2.75) is 25.8 Å². The number of aryl methyl sites for hydroxylation is 1. The van der Waals surface area contributed by atoms with Gasteiger partial charge in [-0.25, -0.2) is 0 Å². The molecule has 2 heteroatoms. The molecule has 16 heavy (non-hydrogen) atoms. The first-order chi connectivity index (χ1) is 7.79. The van der Waals surface area contributed by atoms with E-state index in [2.05, 4.69) is 43.6 Å². The van der Waals surface area contributed by atoms with Gasteiger partial charge in [-0.1, -0.05) is 29.8 Å². The van der Waals surface area contributed by atoms with Crippen LogP contribution in [0.2, 0.25) is 0 Å². The number of likely N-dealkylation sites (N-methyl/N-ethyl adjacent to an activating group) is 1. The Kier molecular flexibility index (Phi) is 3.97. The summed E-state index contributed by atoms with van der Waals surface area (Å²) in [5.41, 5.74) is 2.77. The molecule has 0 radical (unpaired) electrons. The van der Waals surface area contributed by atoms with E-state index in [9.17, 15) is 0 Å². The first-order valence-corrected chi connectivity index (χ1v) is 6.10. The molecule has 2 unspecified atom stereocenters. The molecule has 88 valence electrons. The molecule has 1 saturated heterocycles. The third-order valence-corrected chi connectivity index (χ3v) is 3.44. The number of rotatable bonds is 4. The van der Waals surface area contributed by atoms with Crippen LogP contribution in [0.5, 0.6) is 0 Å². The Morgan fingerprint density at radius 3 is 3.00 bits per heavy atom. The van der Waals surface area contributed by atoms with Crippen LogP contribution < -0.4 is 5.32 Å². The van der Waals surface area contributed by atoms with Gasteiger partial charge >= 0.3 is 0 Å². The number of hydrogen-bond donors (Lipinski definition) is 1. The summed E-state index contributed by atoms with van der Waals surface area (Å²) in [5, 5.41) is 3.43. The van der Waals surface area contributed by atoms with Gasteiger partial charge in [-0.05, 0) is 32.4 Å². The lowest BCUT2D eigenvalue weighted by atomic mass is 9.92. The summed E-state index contributed by atoms with van der Waals surface area (Å²) in [4.78, 5) is 0. The summed E-state index contributed by atoms with van der Waals surface area (Å²) in [5.74, 6) is 0.672. The molecule has 0 amide bonds. The smallest absolute Gasteiger partial charge is 0.0510 e. The molecular formula is C14H21NO. The van der Waals surface area contributed by atoms with Gasteiger partial charge in [-0.3, -0.25) is 0 Å². The molecule has 0 saturated carbocycles. The average Bonchev–Trinajstić information content (AvgIpc) is 2.79. The zero-order chi connectivity index (χ0) is 11.4. The van der Waals surface area contributed by atoms with E-state index in [0.717, 1.165) is 19.6 Å². The summed E-state index contributed by atoms with van der Waals surface area (Å²) in [6, 6.07) is 9.33. The highest BCUT2D eigenvalue weighted by molar-refractivity contribution is 5.23. The minimum absolute atomic E-state index is 0.546. The van der Waals surface area contributed by atoms with Gasteiger partial charge in [0.1, 0.15) is 0 Å². The van der Waals surface area contributed by atoms with E-state index in [4.69, 9.17) is 4.74 Å². The van der Waals surface area contributed by atoms with Crippen molar-refractivity contribution in [3.05, 3.63) is 35.4 Å². The second-order valence-electron chi connectivity index (χ2n) is 4.71. The van der Waals surface area contributed by atoms with Crippen molar-refractivity contribution in [3.63, 3.8) is 0 Å². The zero-order valence-electron chi connectivity index (χ0n) is 10.2.